The van der Waals surface area contributed by atoms with Gasteiger partial charge in [-0.15, -0.1) is 0 Å². The van der Waals surface area contributed by atoms with Crippen LogP contribution in [-0.4, -0.2) is 18.2 Å². The Morgan fingerprint density at radius 2 is 2.50 bits per heavy atom. The highest BCUT2D eigenvalue weighted by Crippen LogP contribution is 2.22. The van der Waals surface area contributed by atoms with Crippen LogP contribution in [0.1, 0.15) is 17.2 Å². The maximum atomic E-state index is 4.94. The number of aryl methyl sites for hydroxylation is 1. The molecular formula is C7H10N2O. The molecule has 1 fully saturated rings. The first-order chi connectivity index (χ1) is 4.88. The molecule has 3 heteroatoms. The van der Waals surface area contributed by atoms with E-state index in [0.717, 1.165) is 18.8 Å². The predicted molar refractivity (Wildman–Crippen MR) is 36.9 cm³/mol. The minimum Gasteiger partial charge on any atom is -0.361 e. The van der Waals surface area contributed by atoms with Crippen LogP contribution in [0.4, 0.5) is 0 Å². The van der Waals surface area contributed by atoms with Gasteiger partial charge in [-0.1, -0.05) is 5.16 Å². The Labute approximate surface area is 59.4 Å². The Kier molecular flexibility index (Phi) is 1.24. The van der Waals surface area contributed by atoms with Crippen LogP contribution in [0, 0.1) is 6.92 Å². The summed E-state index contributed by atoms with van der Waals surface area (Å²) in [6.07, 6.45) is 1.82. The molecule has 0 aromatic carbocycles. The van der Waals surface area contributed by atoms with Crippen LogP contribution in [0.3, 0.4) is 0 Å². The zero-order valence-corrected chi connectivity index (χ0v) is 5.92. The fourth-order valence-electron chi connectivity index (χ4n) is 1.21. The van der Waals surface area contributed by atoms with Gasteiger partial charge in [0.1, 0.15) is 5.76 Å². The van der Waals surface area contributed by atoms with Crippen molar-refractivity contribution >= 4 is 0 Å². The second-order valence-corrected chi connectivity index (χ2v) is 2.69. The van der Waals surface area contributed by atoms with E-state index in [9.17, 15) is 0 Å². The first-order valence-electron chi connectivity index (χ1n) is 3.50. The summed E-state index contributed by atoms with van der Waals surface area (Å²) in [6, 6.07) is 0. The van der Waals surface area contributed by atoms with Gasteiger partial charge in [0, 0.05) is 24.6 Å². The zero-order valence-electron chi connectivity index (χ0n) is 5.92. The number of hydrogen-bond donors (Lipinski definition) is 1. The van der Waals surface area contributed by atoms with E-state index in [4.69, 9.17) is 4.52 Å². The topological polar surface area (TPSA) is 38.1 Å². The van der Waals surface area contributed by atoms with Gasteiger partial charge in [0.05, 0.1) is 6.20 Å². The highest BCUT2D eigenvalue weighted by molar-refractivity contribution is 5.20. The molecule has 1 N–H and O–H groups in total. The lowest BCUT2D eigenvalue weighted by Gasteiger charge is -2.25. The summed E-state index contributed by atoms with van der Waals surface area (Å²) in [5, 5.41) is 6.93. The fourth-order valence-corrected chi connectivity index (χ4v) is 1.21. The minimum atomic E-state index is 0.645. The highest BCUT2D eigenvalue weighted by Gasteiger charge is 2.22. The highest BCUT2D eigenvalue weighted by atomic mass is 16.5. The molecule has 0 unspecified atom stereocenters. The summed E-state index contributed by atoms with van der Waals surface area (Å²) < 4.78 is 4.94. The third-order valence-corrected chi connectivity index (χ3v) is 2.01. The van der Waals surface area contributed by atoms with E-state index in [1.54, 1.807) is 0 Å². The van der Waals surface area contributed by atoms with E-state index in [1.165, 1.54) is 5.56 Å². The summed E-state index contributed by atoms with van der Waals surface area (Å²) in [6.45, 7) is 4.10. The second-order valence-electron chi connectivity index (χ2n) is 2.69. The molecule has 0 saturated carbocycles. The smallest absolute Gasteiger partial charge is 0.137 e. The van der Waals surface area contributed by atoms with E-state index in [-0.39, 0.29) is 0 Å². The molecule has 0 bridgehead atoms. The Hall–Kier alpha value is -0.830. The monoisotopic (exact) mass is 138 g/mol. The van der Waals surface area contributed by atoms with Crippen LogP contribution in [0.15, 0.2) is 10.7 Å². The van der Waals surface area contributed by atoms with E-state index in [2.05, 4.69) is 10.5 Å². The van der Waals surface area contributed by atoms with Gasteiger partial charge in [-0.2, -0.15) is 0 Å². The summed E-state index contributed by atoms with van der Waals surface area (Å²) in [4.78, 5) is 0. The number of aromatic nitrogens is 1. The number of hydrogen-bond acceptors (Lipinski definition) is 3. The number of rotatable bonds is 1. The first kappa shape index (κ1) is 5.92. The van der Waals surface area contributed by atoms with Crippen molar-refractivity contribution in [3.63, 3.8) is 0 Å². The second kappa shape index (κ2) is 2.09. The molecule has 0 atom stereocenters. The van der Waals surface area contributed by atoms with E-state index in [1.807, 2.05) is 13.1 Å². The summed E-state index contributed by atoms with van der Waals surface area (Å²) >= 11 is 0. The van der Waals surface area contributed by atoms with Crippen molar-refractivity contribution in [1.82, 2.24) is 10.5 Å². The Balaban J connectivity index is 2.23. The summed E-state index contributed by atoms with van der Waals surface area (Å²) in [7, 11) is 0. The van der Waals surface area contributed by atoms with Gasteiger partial charge >= 0.3 is 0 Å². The lowest BCUT2D eigenvalue weighted by atomic mass is 9.95. The lowest BCUT2D eigenvalue weighted by Crippen LogP contribution is -2.39. The first-order valence-corrected chi connectivity index (χ1v) is 3.50. The van der Waals surface area contributed by atoms with Gasteiger partial charge in [0.15, 0.2) is 0 Å². The van der Waals surface area contributed by atoms with Crippen LogP contribution in [0.25, 0.3) is 0 Å². The van der Waals surface area contributed by atoms with Crippen molar-refractivity contribution in [2.24, 2.45) is 0 Å². The van der Waals surface area contributed by atoms with Crippen LogP contribution >= 0.6 is 0 Å². The normalized spacial score (nSPS) is 18.9. The molecule has 3 nitrogen and oxygen atoms in total. The van der Waals surface area contributed by atoms with Gasteiger partial charge in [-0.25, -0.2) is 0 Å². The van der Waals surface area contributed by atoms with Crippen LogP contribution in [0.5, 0.6) is 0 Å². The molecule has 1 aromatic rings. The van der Waals surface area contributed by atoms with Crippen LogP contribution < -0.4 is 5.32 Å². The summed E-state index contributed by atoms with van der Waals surface area (Å²) in [5.41, 5.74) is 1.26. The maximum absolute atomic E-state index is 4.94. The van der Waals surface area contributed by atoms with Gasteiger partial charge < -0.3 is 9.84 Å². The Morgan fingerprint density at radius 3 is 2.90 bits per heavy atom. The van der Waals surface area contributed by atoms with Gasteiger partial charge in [-0.05, 0) is 6.92 Å². The van der Waals surface area contributed by atoms with Crippen molar-refractivity contribution in [2.75, 3.05) is 13.1 Å². The van der Waals surface area contributed by atoms with Crippen LogP contribution in [0.2, 0.25) is 0 Å². The average Bonchev–Trinajstić information content (AvgIpc) is 2.12. The maximum Gasteiger partial charge on any atom is 0.137 e. The molecule has 1 aliphatic heterocycles. The van der Waals surface area contributed by atoms with Gasteiger partial charge in [0.25, 0.3) is 0 Å². The summed E-state index contributed by atoms with van der Waals surface area (Å²) in [5.74, 6) is 1.61. The molecule has 2 rings (SSSR count). The molecular weight excluding hydrogens is 128 g/mol. The van der Waals surface area contributed by atoms with Crippen molar-refractivity contribution in [2.45, 2.75) is 12.8 Å². The quantitative estimate of drug-likeness (QED) is 0.619. The lowest BCUT2D eigenvalue weighted by molar-refractivity contribution is 0.388. The van der Waals surface area contributed by atoms with Crippen LogP contribution in [-0.2, 0) is 0 Å². The van der Waals surface area contributed by atoms with E-state index >= 15 is 0 Å². The Bertz CT molecular complexity index is 227. The largest absolute Gasteiger partial charge is 0.361 e. The number of nitrogens with zero attached hydrogens (tertiary/aromatic N) is 1. The van der Waals surface area contributed by atoms with Crippen molar-refractivity contribution < 1.29 is 4.52 Å². The predicted octanol–water partition coefficient (Wildman–Crippen LogP) is 0.670. The molecule has 2 heterocycles. The number of nitrogens with one attached hydrogen (secondary N) is 1. The fraction of sp³-hybridized carbons (Fsp3) is 0.571. The van der Waals surface area contributed by atoms with Gasteiger partial charge in [0.2, 0.25) is 0 Å². The van der Waals surface area contributed by atoms with Gasteiger partial charge in [-0.3, -0.25) is 0 Å². The molecule has 0 radical (unpaired) electrons. The van der Waals surface area contributed by atoms with E-state index in [0.29, 0.717) is 5.92 Å². The molecule has 0 spiro atoms. The molecule has 1 aliphatic rings. The zero-order chi connectivity index (χ0) is 6.97. The molecule has 10 heavy (non-hydrogen) atoms. The molecule has 1 aromatic heterocycles. The third-order valence-electron chi connectivity index (χ3n) is 2.01. The Morgan fingerprint density at radius 1 is 1.70 bits per heavy atom. The molecule has 54 valence electrons. The van der Waals surface area contributed by atoms with Crippen molar-refractivity contribution in [1.29, 1.82) is 0 Å². The molecule has 0 aliphatic carbocycles. The third kappa shape index (κ3) is 0.743. The molecule has 0 amide bonds. The SMILES string of the molecule is Cc1oncc1C1CNC1. The minimum absolute atomic E-state index is 0.645. The van der Waals surface area contributed by atoms with Crippen molar-refractivity contribution in [3.05, 3.63) is 17.5 Å². The standard InChI is InChI=1S/C7H10N2O/c1-5-7(4-9-10-5)6-2-8-3-6/h4,6,8H,2-3H2,1H3. The van der Waals surface area contributed by atoms with Crippen molar-refractivity contribution in [3.8, 4) is 0 Å². The van der Waals surface area contributed by atoms with E-state index < -0.39 is 0 Å². The molecule has 1 saturated heterocycles. The average molecular weight is 138 g/mol.